The first-order valence-electron chi connectivity index (χ1n) is 6.02. The Morgan fingerprint density at radius 1 is 0.357 bits per heavy atom. The van der Waals surface area contributed by atoms with Crippen molar-refractivity contribution in [1.29, 1.82) is 0 Å². The van der Waals surface area contributed by atoms with Gasteiger partial charge in [0.25, 0.3) is 0 Å². The third-order valence-corrected chi connectivity index (χ3v) is 3.54. The zero-order valence-corrected chi connectivity index (χ0v) is 12.4. The molecular formula is C10H4F18. The van der Waals surface area contributed by atoms with Gasteiger partial charge in [0.15, 0.2) is 0 Å². The molecule has 0 aromatic heterocycles. The Morgan fingerprint density at radius 2 is 0.536 bits per heavy atom. The van der Waals surface area contributed by atoms with Crippen LogP contribution in [0.1, 0.15) is 6.92 Å². The van der Waals surface area contributed by atoms with Crippen LogP contribution in [0.3, 0.4) is 0 Å². The largest absolute Gasteiger partial charge is 0.432 e. The SMILES string of the molecule is CC(F)(C(C(F)(C(F)(F)F)C(F)(F)F)C(F)(C(F)(F)F)C(F)(F)F)C(F)(F)F. The summed E-state index contributed by atoms with van der Waals surface area (Å²) in [5, 5.41) is 0. The Bertz CT molecular complexity index is 483. The van der Waals surface area contributed by atoms with E-state index < -0.39 is 60.7 Å². The standard InChI is InChI=1S/C10H4F18/c1-3(11,6(14,15)16)2(4(12,7(17,18)19)8(20,21)22)5(13,9(23,24)25)10(26,27)28/h2H,1H3. The molecule has 0 aromatic carbocycles. The van der Waals surface area contributed by atoms with E-state index in [-0.39, 0.29) is 0 Å². The predicted octanol–water partition coefficient (Wildman–Crippen LogP) is 6.56. The molecule has 0 N–H and O–H groups in total. The number of hydrogen-bond donors (Lipinski definition) is 0. The summed E-state index contributed by atoms with van der Waals surface area (Å²) in [5.41, 5.74) is -23.5. The molecule has 0 spiro atoms. The second-order valence-corrected chi connectivity index (χ2v) is 5.42. The smallest absolute Gasteiger partial charge is 0.234 e. The van der Waals surface area contributed by atoms with Crippen molar-refractivity contribution in [3.05, 3.63) is 0 Å². The molecule has 28 heavy (non-hydrogen) atoms. The minimum atomic E-state index is -8.28. The molecule has 0 rings (SSSR count). The van der Waals surface area contributed by atoms with Crippen LogP contribution in [0.2, 0.25) is 0 Å². The van der Waals surface area contributed by atoms with Crippen molar-refractivity contribution in [2.24, 2.45) is 5.92 Å². The van der Waals surface area contributed by atoms with Crippen LogP contribution in [-0.4, -0.2) is 47.9 Å². The number of alkyl halides is 18. The monoisotopic (exact) mass is 466 g/mol. The van der Waals surface area contributed by atoms with E-state index in [2.05, 4.69) is 0 Å². The third-order valence-electron chi connectivity index (χ3n) is 3.54. The summed E-state index contributed by atoms with van der Waals surface area (Å²) < 4.78 is 230. The molecule has 0 radical (unpaired) electrons. The molecule has 0 amide bonds. The van der Waals surface area contributed by atoms with Crippen LogP contribution in [0, 0.1) is 5.92 Å². The lowest BCUT2D eigenvalue weighted by Gasteiger charge is -2.48. The molecule has 0 aliphatic carbocycles. The van der Waals surface area contributed by atoms with Crippen molar-refractivity contribution in [1.82, 2.24) is 0 Å². The Balaban J connectivity index is 7.73. The molecule has 0 saturated carbocycles. The second kappa shape index (κ2) is 6.37. The van der Waals surface area contributed by atoms with Crippen molar-refractivity contribution in [2.75, 3.05) is 0 Å². The van der Waals surface area contributed by atoms with Crippen LogP contribution < -0.4 is 0 Å². The van der Waals surface area contributed by atoms with E-state index in [0.29, 0.717) is 0 Å². The van der Waals surface area contributed by atoms with Gasteiger partial charge in [0.2, 0.25) is 5.67 Å². The maximum absolute atomic E-state index is 13.8. The summed E-state index contributed by atoms with van der Waals surface area (Å²) in [6.45, 7) is -1.71. The summed E-state index contributed by atoms with van der Waals surface area (Å²) in [6.07, 6.45) is -39.8. The number of halogens is 18. The van der Waals surface area contributed by atoms with Gasteiger partial charge in [-0.25, -0.2) is 13.2 Å². The van der Waals surface area contributed by atoms with E-state index in [4.69, 9.17) is 0 Å². The van der Waals surface area contributed by atoms with Gasteiger partial charge >= 0.3 is 42.2 Å². The Labute approximate surface area is 141 Å². The van der Waals surface area contributed by atoms with Gasteiger partial charge in [-0.05, 0) is 6.92 Å². The van der Waals surface area contributed by atoms with Gasteiger partial charge in [-0.15, -0.1) is 0 Å². The van der Waals surface area contributed by atoms with Crippen LogP contribution in [0.5, 0.6) is 0 Å². The quantitative estimate of drug-likeness (QED) is 0.414. The maximum Gasteiger partial charge on any atom is 0.432 e. The highest BCUT2D eigenvalue weighted by Gasteiger charge is 2.93. The van der Waals surface area contributed by atoms with E-state index in [1.54, 1.807) is 0 Å². The summed E-state index contributed by atoms with van der Waals surface area (Å²) in [4.78, 5) is 0. The molecule has 1 atom stereocenters. The molecule has 0 aliphatic rings. The number of rotatable bonds is 3. The number of hydrogen-bond acceptors (Lipinski definition) is 0. The summed E-state index contributed by atoms with van der Waals surface area (Å²) >= 11 is 0. The lowest BCUT2D eigenvalue weighted by atomic mass is 9.66. The molecule has 0 aromatic rings. The van der Waals surface area contributed by atoms with Gasteiger partial charge in [-0.3, -0.25) is 0 Å². The predicted molar refractivity (Wildman–Crippen MR) is 51.0 cm³/mol. The van der Waals surface area contributed by atoms with Crippen LogP contribution in [0.25, 0.3) is 0 Å². The fourth-order valence-electron chi connectivity index (χ4n) is 2.16. The van der Waals surface area contributed by atoms with Crippen molar-refractivity contribution in [3.63, 3.8) is 0 Å². The van der Waals surface area contributed by atoms with Gasteiger partial charge in [-0.1, -0.05) is 0 Å². The first kappa shape index (κ1) is 26.7. The Kier molecular flexibility index (Phi) is 6.08. The zero-order chi connectivity index (χ0) is 23.6. The highest BCUT2D eigenvalue weighted by Crippen LogP contribution is 2.66. The molecule has 0 fully saturated rings. The zero-order valence-electron chi connectivity index (χ0n) is 12.4. The maximum atomic E-state index is 13.8. The van der Waals surface area contributed by atoms with E-state index in [1.807, 2.05) is 0 Å². The summed E-state index contributed by atoms with van der Waals surface area (Å²) in [6, 6.07) is 0. The third kappa shape index (κ3) is 3.66. The lowest BCUT2D eigenvalue weighted by Crippen LogP contribution is -2.76. The minimum Gasteiger partial charge on any atom is -0.234 e. The first-order chi connectivity index (χ1) is 11.6. The van der Waals surface area contributed by atoms with Crippen molar-refractivity contribution in [3.8, 4) is 0 Å². The molecule has 0 bridgehead atoms. The van der Waals surface area contributed by atoms with E-state index in [0.717, 1.165) is 0 Å². The lowest BCUT2D eigenvalue weighted by molar-refractivity contribution is -0.443. The van der Waals surface area contributed by atoms with Gasteiger partial charge in [0.05, 0.1) is 0 Å². The molecule has 0 nitrogen and oxygen atoms in total. The summed E-state index contributed by atoms with van der Waals surface area (Å²) in [5.74, 6) is -7.10. The van der Waals surface area contributed by atoms with Crippen LogP contribution in [-0.2, 0) is 0 Å². The average Bonchev–Trinajstić information content (AvgIpc) is 2.31. The molecule has 0 saturated heterocycles. The average molecular weight is 466 g/mol. The fourth-order valence-corrected chi connectivity index (χ4v) is 2.16. The van der Waals surface area contributed by atoms with Crippen molar-refractivity contribution < 1.29 is 79.0 Å². The van der Waals surface area contributed by atoms with Crippen molar-refractivity contribution >= 4 is 0 Å². The molecule has 1 unspecified atom stereocenters. The van der Waals surface area contributed by atoms with E-state index >= 15 is 0 Å². The van der Waals surface area contributed by atoms with Gasteiger partial charge in [0.1, 0.15) is 5.92 Å². The van der Waals surface area contributed by atoms with Gasteiger partial charge in [0, 0.05) is 0 Å². The minimum absolute atomic E-state index is 1.71. The van der Waals surface area contributed by atoms with E-state index in [1.165, 1.54) is 0 Å². The first-order valence-corrected chi connectivity index (χ1v) is 6.02. The topological polar surface area (TPSA) is 0 Å². The van der Waals surface area contributed by atoms with Crippen LogP contribution >= 0.6 is 0 Å². The normalized spacial score (nSPS) is 18.4. The Hall–Kier alpha value is -1.26. The fraction of sp³-hybridized carbons (Fsp3) is 1.00. The van der Waals surface area contributed by atoms with Gasteiger partial charge in [-0.2, -0.15) is 65.9 Å². The van der Waals surface area contributed by atoms with E-state index in [9.17, 15) is 79.0 Å². The highest BCUT2D eigenvalue weighted by molar-refractivity contribution is 5.19. The Morgan fingerprint density at radius 3 is 0.643 bits per heavy atom. The van der Waals surface area contributed by atoms with Gasteiger partial charge < -0.3 is 0 Å². The molecule has 18 heteroatoms. The highest BCUT2D eigenvalue weighted by atomic mass is 19.4. The molecule has 0 heterocycles. The van der Waals surface area contributed by atoms with Crippen LogP contribution in [0.15, 0.2) is 0 Å². The molecule has 170 valence electrons. The summed E-state index contributed by atoms with van der Waals surface area (Å²) in [7, 11) is 0. The van der Waals surface area contributed by atoms with Crippen LogP contribution in [0.4, 0.5) is 79.0 Å². The molecule has 0 aliphatic heterocycles. The molecular weight excluding hydrogens is 462 g/mol. The second-order valence-electron chi connectivity index (χ2n) is 5.42. The van der Waals surface area contributed by atoms with Crippen molar-refractivity contribution in [2.45, 2.75) is 54.8 Å².